The maximum atomic E-state index is 12.1. The molecular weight excluding hydrogens is 274 g/mol. The number of halogens is 2. The van der Waals surface area contributed by atoms with Gasteiger partial charge >= 0.3 is 6.61 Å². The summed E-state index contributed by atoms with van der Waals surface area (Å²) >= 11 is 0. The van der Waals surface area contributed by atoms with E-state index in [1.165, 1.54) is 17.7 Å². The van der Waals surface area contributed by atoms with E-state index in [1.807, 2.05) is 31.2 Å². The number of nitrogens with one attached hydrogen (secondary N) is 1. The van der Waals surface area contributed by atoms with Gasteiger partial charge in [-0.25, -0.2) is 0 Å². The van der Waals surface area contributed by atoms with E-state index >= 15 is 0 Å². The Hall–Kier alpha value is -1.98. The monoisotopic (exact) mass is 292 g/mol. The Balaban J connectivity index is 2.08. The van der Waals surface area contributed by atoms with Crippen molar-refractivity contribution in [3.63, 3.8) is 0 Å². The van der Waals surface area contributed by atoms with Crippen LogP contribution in [0.2, 0.25) is 0 Å². The highest BCUT2D eigenvalue weighted by Gasteiger charge is 2.11. The van der Waals surface area contributed by atoms with Crippen LogP contribution in [0.25, 0.3) is 0 Å². The van der Waals surface area contributed by atoms with Gasteiger partial charge in [-0.3, -0.25) is 11.3 Å². The summed E-state index contributed by atoms with van der Waals surface area (Å²) in [6, 6.07) is 14.6. The summed E-state index contributed by atoms with van der Waals surface area (Å²) in [5.74, 6) is 5.74. The van der Waals surface area contributed by atoms with Gasteiger partial charge in [0.05, 0.1) is 0 Å². The molecule has 0 spiro atoms. The minimum absolute atomic E-state index is 0.0895. The van der Waals surface area contributed by atoms with Gasteiger partial charge in [-0.1, -0.05) is 42.0 Å². The molecule has 0 amide bonds. The first-order valence-corrected chi connectivity index (χ1v) is 6.65. The molecule has 0 bridgehead atoms. The van der Waals surface area contributed by atoms with Gasteiger partial charge in [-0.2, -0.15) is 8.78 Å². The predicted octanol–water partition coefficient (Wildman–Crippen LogP) is 3.34. The first-order chi connectivity index (χ1) is 10.1. The lowest BCUT2D eigenvalue weighted by Crippen LogP contribution is -2.29. The fraction of sp³-hybridized carbons (Fsp3) is 0.250. The molecule has 0 saturated carbocycles. The van der Waals surface area contributed by atoms with E-state index in [2.05, 4.69) is 10.2 Å². The van der Waals surface area contributed by atoms with E-state index in [1.54, 1.807) is 12.1 Å². The average molecular weight is 292 g/mol. The van der Waals surface area contributed by atoms with Crippen LogP contribution in [0.4, 0.5) is 8.78 Å². The summed E-state index contributed by atoms with van der Waals surface area (Å²) in [6.45, 7) is -0.781. The number of hydrogen-bond acceptors (Lipinski definition) is 3. The third-order valence-electron chi connectivity index (χ3n) is 3.27. The molecular formula is C16H18F2N2O. The van der Waals surface area contributed by atoms with E-state index in [0.717, 1.165) is 11.1 Å². The van der Waals surface area contributed by atoms with E-state index in [0.29, 0.717) is 6.42 Å². The van der Waals surface area contributed by atoms with Crippen molar-refractivity contribution in [2.45, 2.75) is 26.0 Å². The van der Waals surface area contributed by atoms with Gasteiger partial charge in [0, 0.05) is 6.04 Å². The Kier molecular flexibility index (Phi) is 5.25. The number of hydrogen-bond donors (Lipinski definition) is 2. The van der Waals surface area contributed by atoms with Crippen LogP contribution in [0.1, 0.15) is 22.7 Å². The molecule has 5 heteroatoms. The zero-order valence-electron chi connectivity index (χ0n) is 11.7. The zero-order chi connectivity index (χ0) is 15.2. The smallest absolute Gasteiger partial charge is 0.387 e. The Morgan fingerprint density at radius 2 is 1.67 bits per heavy atom. The highest BCUT2D eigenvalue weighted by atomic mass is 19.3. The number of ether oxygens (including phenoxy) is 1. The van der Waals surface area contributed by atoms with Crippen LogP contribution >= 0.6 is 0 Å². The highest BCUT2D eigenvalue weighted by Crippen LogP contribution is 2.22. The van der Waals surface area contributed by atoms with Gasteiger partial charge in [0.15, 0.2) is 0 Å². The SMILES string of the molecule is Cc1ccc(CC(NN)c2ccc(OC(F)F)cc2)cc1. The van der Waals surface area contributed by atoms with Gasteiger partial charge < -0.3 is 4.74 Å². The fourth-order valence-electron chi connectivity index (χ4n) is 2.11. The minimum atomic E-state index is -2.81. The highest BCUT2D eigenvalue weighted by molar-refractivity contribution is 5.31. The molecule has 0 saturated heterocycles. The molecule has 1 unspecified atom stereocenters. The zero-order valence-corrected chi connectivity index (χ0v) is 11.7. The number of hydrazine groups is 1. The first kappa shape index (κ1) is 15.4. The van der Waals surface area contributed by atoms with E-state index < -0.39 is 6.61 Å². The first-order valence-electron chi connectivity index (χ1n) is 6.65. The molecule has 3 nitrogen and oxygen atoms in total. The molecule has 0 heterocycles. The van der Waals surface area contributed by atoms with Crippen molar-refractivity contribution >= 4 is 0 Å². The second-order valence-electron chi connectivity index (χ2n) is 4.86. The van der Waals surface area contributed by atoms with Crippen molar-refractivity contribution in [1.29, 1.82) is 0 Å². The number of rotatable bonds is 6. The third kappa shape index (κ3) is 4.51. The Morgan fingerprint density at radius 1 is 1.05 bits per heavy atom. The molecule has 3 N–H and O–H groups in total. The molecule has 0 aliphatic carbocycles. The predicted molar refractivity (Wildman–Crippen MR) is 78.0 cm³/mol. The van der Waals surface area contributed by atoms with Crippen LogP contribution in [0.15, 0.2) is 48.5 Å². The number of benzene rings is 2. The van der Waals surface area contributed by atoms with Crippen molar-refractivity contribution in [2.75, 3.05) is 0 Å². The Bertz CT molecular complexity index is 555. The van der Waals surface area contributed by atoms with Gasteiger partial charge in [0.2, 0.25) is 0 Å². The fourth-order valence-corrected chi connectivity index (χ4v) is 2.11. The summed E-state index contributed by atoms with van der Waals surface area (Å²) in [6.07, 6.45) is 0.714. The van der Waals surface area contributed by atoms with E-state index in [-0.39, 0.29) is 11.8 Å². The van der Waals surface area contributed by atoms with E-state index in [9.17, 15) is 8.78 Å². The Labute approximate surface area is 122 Å². The molecule has 0 radical (unpaired) electrons. The standard InChI is InChI=1S/C16H18F2N2O/c1-11-2-4-12(5-3-11)10-15(20-19)13-6-8-14(9-7-13)21-16(17)18/h2-9,15-16,20H,10,19H2,1H3. The molecule has 2 aromatic carbocycles. The average Bonchev–Trinajstić information content (AvgIpc) is 2.47. The summed E-state index contributed by atoms with van der Waals surface area (Å²) in [7, 11) is 0. The molecule has 0 aliphatic rings. The quantitative estimate of drug-likeness (QED) is 0.634. The lowest BCUT2D eigenvalue weighted by molar-refractivity contribution is -0.0498. The molecule has 1 atom stereocenters. The number of alkyl halides is 2. The largest absolute Gasteiger partial charge is 0.435 e. The van der Waals surface area contributed by atoms with Crippen molar-refractivity contribution in [2.24, 2.45) is 5.84 Å². The molecule has 0 fully saturated rings. The van der Waals surface area contributed by atoms with E-state index in [4.69, 9.17) is 5.84 Å². The van der Waals surface area contributed by atoms with Crippen LogP contribution in [-0.4, -0.2) is 6.61 Å². The second kappa shape index (κ2) is 7.15. The van der Waals surface area contributed by atoms with Gasteiger partial charge in [0.25, 0.3) is 0 Å². The normalized spacial score (nSPS) is 12.4. The molecule has 2 aromatic rings. The lowest BCUT2D eigenvalue weighted by atomic mass is 9.99. The van der Waals surface area contributed by atoms with Gasteiger partial charge in [-0.05, 0) is 36.6 Å². The maximum Gasteiger partial charge on any atom is 0.387 e. The van der Waals surface area contributed by atoms with Crippen molar-refractivity contribution in [3.05, 3.63) is 65.2 Å². The van der Waals surface area contributed by atoms with Crippen molar-refractivity contribution < 1.29 is 13.5 Å². The summed E-state index contributed by atoms with van der Waals surface area (Å²) in [5, 5.41) is 0. The Morgan fingerprint density at radius 3 is 2.19 bits per heavy atom. The second-order valence-corrected chi connectivity index (χ2v) is 4.86. The molecule has 21 heavy (non-hydrogen) atoms. The van der Waals surface area contributed by atoms with Crippen molar-refractivity contribution in [3.8, 4) is 5.75 Å². The van der Waals surface area contributed by atoms with Crippen LogP contribution in [0.3, 0.4) is 0 Å². The van der Waals surface area contributed by atoms with Gasteiger partial charge in [0.1, 0.15) is 5.75 Å². The summed E-state index contributed by atoms with van der Waals surface area (Å²) in [5.41, 5.74) is 6.02. The molecule has 112 valence electrons. The third-order valence-corrected chi connectivity index (χ3v) is 3.27. The summed E-state index contributed by atoms with van der Waals surface area (Å²) in [4.78, 5) is 0. The topological polar surface area (TPSA) is 47.3 Å². The molecule has 0 aromatic heterocycles. The maximum absolute atomic E-state index is 12.1. The molecule has 0 aliphatic heterocycles. The van der Waals surface area contributed by atoms with Crippen LogP contribution in [0, 0.1) is 6.92 Å². The number of nitrogens with two attached hydrogens (primary N) is 1. The van der Waals surface area contributed by atoms with Crippen LogP contribution < -0.4 is 16.0 Å². The van der Waals surface area contributed by atoms with Gasteiger partial charge in [-0.15, -0.1) is 0 Å². The number of aryl methyl sites for hydroxylation is 1. The minimum Gasteiger partial charge on any atom is -0.435 e. The summed E-state index contributed by atoms with van der Waals surface area (Å²) < 4.78 is 28.6. The van der Waals surface area contributed by atoms with Crippen molar-refractivity contribution in [1.82, 2.24) is 5.43 Å². The lowest BCUT2D eigenvalue weighted by Gasteiger charge is -2.17. The molecule has 2 rings (SSSR count). The van der Waals surface area contributed by atoms with Crippen LogP contribution in [0.5, 0.6) is 5.75 Å². The van der Waals surface area contributed by atoms with Crippen LogP contribution in [-0.2, 0) is 6.42 Å².